The van der Waals surface area contributed by atoms with Crippen molar-refractivity contribution in [1.29, 1.82) is 0 Å². The molecule has 0 aliphatic carbocycles. The molecule has 1 fully saturated rings. The van der Waals surface area contributed by atoms with Gasteiger partial charge in [-0.25, -0.2) is 13.6 Å². The predicted octanol–water partition coefficient (Wildman–Crippen LogP) is 3.00. The maximum Gasteiger partial charge on any atom is 0.352 e. The Morgan fingerprint density at radius 1 is 1.19 bits per heavy atom. The smallest absolute Gasteiger partial charge is 0.352 e. The third-order valence-corrected chi connectivity index (χ3v) is 5.63. The van der Waals surface area contributed by atoms with Crippen LogP contribution in [0.2, 0.25) is 0 Å². The van der Waals surface area contributed by atoms with Crippen LogP contribution in [0, 0.1) is 11.6 Å². The fraction of sp³-hybridized carbons (Fsp3) is 0.381. The average Bonchev–Trinajstić information content (AvgIpc) is 3.33. The topological polar surface area (TPSA) is 74.4 Å². The quantitative estimate of drug-likeness (QED) is 0.621. The molecule has 2 aliphatic rings. The van der Waals surface area contributed by atoms with Gasteiger partial charge in [-0.05, 0) is 37.0 Å². The summed E-state index contributed by atoms with van der Waals surface area (Å²) in [6.45, 7) is 1.39. The van der Waals surface area contributed by atoms with Crippen LogP contribution in [0.1, 0.15) is 24.8 Å². The molecule has 5 rings (SSSR count). The average molecular weight is 429 g/mol. The molecule has 4 heterocycles. The van der Waals surface area contributed by atoms with E-state index < -0.39 is 17.4 Å². The summed E-state index contributed by atoms with van der Waals surface area (Å²) in [6.07, 6.45) is 6.14. The first-order valence-corrected chi connectivity index (χ1v) is 10.1. The van der Waals surface area contributed by atoms with E-state index >= 15 is 0 Å². The van der Waals surface area contributed by atoms with Crippen LogP contribution in [0.3, 0.4) is 0 Å². The minimum absolute atomic E-state index is 0.138. The zero-order chi connectivity index (χ0) is 21.5. The molecule has 8 nitrogen and oxygen atoms in total. The van der Waals surface area contributed by atoms with Crippen LogP contribution in [0.15, 0.2) is 35.4 Å². The van der Waals surface area contributed by atoms with E-state index in [0.717, 1.165) is 43.8 Å². The second-order valence-electron chi connectivity index (χ2n) is 7.82. The van der Waals surface area contributed by atoms with Gasteiger partial charge in [-0.2, -0.15) is 10.1 Å². The number of hydrogen-bond donors (Lipinski definition) is 0. The molecule has 1 saturated heterocycles. The third kappa shape index (κ3) is 3.73. The van der Waals surface area contributed by atoms with E-state index in [1.165, 1.54) is 17.1 Å². The fourth-order valence-corrected chi connectivity index (χ4v) is 4.18. The zero-order valence-electron chi connectivity index (χ0n) is 16.9. The van der Waals surface area contributed by atoms with Crippen LogP contribution in [0.4, 0.5) is 14.6 Å². The number of anilines is 1. The number of halogens is 2. The number of aryl methyl sites for hydroxylation is 1. The number of nitrogens with zero attached hydrogens (tertiary/aromatic N) is 5. The lowest BCUT2D eigenvalue weighted by Gasteiger charge is -2.30. The highest BCUT2D eigenvalue weighted by Crippen LogP contribution is 2.32. The maximum absolute atomic E-state index is 14.4. The Morgan fingerprint density at radius 2 is 2.00 bits per heavy atom. The Hall–Kier alpha value is -3.43. The van der Waals surface area contributed by atoms with E-state index in [0.29, 0.717) is 12.6 Å². The minimum Gasteiger partial charge on any atom is -0.473 e. The van der Waals surface area contributed by atoms with Crippen LogP contribution in [0.5, 0.6) is 17.4 Å². The highest BCUT2D eigenvalue weighted by molar-refractivity contribution is 5.47. The SMILES string of the molecule is Cn1cc(Oc2c(F)cc(COc3cc4n(c(=O)n3)C[C@@H]3CCCCN43)cc2F)cn1. The summed E-state index contributed by atoms with van der Waals surface area (Å²) in [5.41, 5.74) is -0.119. The summed E-state index contributed by atoms with van der Waals surface area (Å²) in [4.78, 5) is 18.6. The van der Waals surface area contributed by atoms with Gasteiger partial charge >= 0.3 is 5.69 Å². The number of benzene rings is 1. The van der Waals surface area contributed by atoms with Crippen molar-refractivity contribution < 1.29 is 18.3 Å². The van der Waals surface area contributed by atoms with Crippen LogP contribution < -0.4 is 20.1 Å². The second-order valence-corrected chi connectivity index (χ2v) is 7.82. The maximum atomic E-state index is 14.4. The van der Waals surface area contributed by atoms with Crippen molar-refractivity contribution in [2.75, 3.05) is 11.4 Å². The Bertz CT molecular complexity index is 1170. The van der Waals surface area contributed by atoms with Gasteiger partial charge in [0.1, 0.15) is 12.4 Å². The van der Waals surface area contributed by atoms with Gasteiger partial charge in [0.15, 0.2) is 23.1 Å². The fourth-order valence-electron chi connectivity index (χ4n) is 4.18. The predicted molar refractivity (Wildman–Crippen MR) is 107 cm³/mol. The van der Waals surface area contributed by atoms with Crippen LogP contribution >= 0.6 is 0 Å². The van der Waals surface area contributed by atoms with Gasteiger partial charge in [-0.15, -0.1) is 0 Å². The Labute approximate surface area is 176 Å². The van der Waals surface area contributed by atoms with Gasteiger partial charge in [0.05, 0.1) is 12.4 Å². The highest BCUT2D eigenvalue weighted by Gasteiger charge is 2.32. The summed E-state index contributed by atoms with van der Waals surface area (Å²) in [7, 11) is 1.67. The van der Waals surface area contributed by atoms with Crippen molar-refractivity contribution in [2.45, 2.75) is 38.5 Å². The Kier molecular flexibility index (Phi) is 4.84. The van der Waals surface area contributed by atoms with Gasteiger partial charge in [-0.1, -0.05) is 0 Å². The molecule has 162 valence electrons. The van der Waals surface area contributed by atoms with Crippen molar-refractivity contribution in [3.63, 3.8) is 0 Å². The molecule has 10 heteroatoms. The summed E-state index contributed by atoms with van der Waals surface area (Å²) in [5.74, 6) is -1.08. The van der Waals surface area contributed by atoms with Gasteiger partial charge in [0.25, 0.3) is 0 Å². The van der Waals surface area contributed by atoms with E-state index in [1.807, 2.05) is 0 Å². The molecule has 3 aromatic rings. The van der Waals surface area contributed by atoms with Gasteiger partial charge in [0, 0.05) is 32.2 Å². The van der Waals surface area contributed by atoms with Crippen LogP contribution in [0.25, 0.3) is 0 Å². The Morgan fingerprint density at radius 3 is 2.74 bits per heavy atom. The van der Waals surface area contributed by atoms with Crippen molar-refractivity contribution in [3.05, 3.63) is 58.3 Å². The minimum atomic E-state index is -0.861. The summed E-state index contributed by atoms with van der Waals surface area (Å²) < 4.78 is 42.9. The summed E-state index contributed by atoms with van der Waals surface area (Å²) in [6, 6.07) is 4.30. The molecule has 0 N–H and O–H groups in total. The monoisotopic (exact) mass is 429 g/mol. The van der Waals surface area contributed by atoms with Crippen LogP contribution in [-0.2, 0) is 20.2 Å². The molecule has 2 aliphatic heterocycles. The third-order valence-electron chi connectivity index (χ3n) is 5.63. The first-order chi connectivity index (χ1) is 15.0. The number of rotatable bonds is 5. The lowest BCUT2D eigenvalue weighted by atomic mass is 10.0. The van der Waals surface area contributed by atoms with Gasteiger partial charge in [0.2, 0.25) is 5.88 Å². The molecule has 0 spiro atoms. The first kappa shape index (κ1) is 19.5. The zero-order valence-corrected chi connectivity index (χ0v) is 16.9. The molecule has 0 saturated carbocycles. The number of fused-ring (bicyclic) bond motifs is 3. The molecular formula is C21H21F2N5O3. The molecule has 0 unspecified atom stereocenters. The summed E-state index contributed by atoms with van der Waals surface area (Å²) >= 11 is 0. The van der Waals surface area contributed by atoms with Crippen LogP contribution in [-0.4, -0.2) is 31.9 Å². The van der Waals surface area contributed by atoms with E-state index in [9.17, 15) is 13.6 Å². The summed E-state index contributed by atoms with van der Waals surface area (Å²) in [5, 5.41) is 3.90. The van der Waals surface area contributed by atoms with Crippen molar-refractivity contribution in [1.82, 2.24) is 19.3 Å². The molecule has 0 radical (unpaired) electrons. The number of hydrogen-bond acceptors (Lipinski definition) is 6. The molecule has 31 heavy (non-hydrogen) atoms. The number of ether oxygens (including phenoxy) is 2. The molecule has 2 aromatic heterocycles. The van der Waals surface area contributed by atoms with Gasteiger partial charge < -0.3 is 14.4 Å². The number of aromatic nitrogens is 4. The molecule has 0 amide bonds. The van der Waals surface area contributed by atoms with Gasteiger partial charge in [-0.3, -0.25) is 9.25 Å². The van der Waals surface area contributed by atoms with Crippen molar-refractivity contribution >= 4 is 5.82 Å². The molecule has 1 atom stereocenters. The lowest BCUT2D eigenvalue weighted by Crippen LogP contribution is -2.36. The van der Waals surface area contributed by atoms with Crippen molar-refractivity contribution in [2.24, 2.45) is 7.05 Å². The van der Waals surface area contributed by atoms with E-state index in [4.69, 9.17) is 9.47 Å². The van der Waals surface area contributed by atoms with E-state index in [2.05, 4.69) is 15.0 Å². The molecule has 1 aromatic carbocycles. The standard InChI is InChI=1S/C21H21F2N5O3/c1-26-11-15(9-24-26)31-20-16(22)6-13(7-17(20)23)12-30-18-8-19-27-5-3-2-4-14(27)10-28(19)21(29)25-18/h6-9,11,14H,2-5,10,12H2,1H3/t14-/m0/s1. The molecule has 0 bridgehead atoms. The van der Waals surface area contributed by atoms with E-state index in [1.54, 1.807) is 17.7 Å². The lowest BCUT2D eigenvalue weighted by molar-refractivity contribution is 0.289. The Balaban J connectivity index is 1.32. The highest BCUT2D eigenvalue weighted by atomic mass is 19.1. The van der Waals surface area contributed by atoms with E-state index in [-0.39, 0.29) is 29.5 Å². The first-order valence-electron chi connectivity index (χ1n) is 10.1. The second kappa shape index (κ2) is 7.68. The normalized spacial score (nSPS) is 17.4. The number of piperidine rings is 1. The molecular weight excluding hydrogens is 408 g/mol. The van der Waals surface area contributed by atoms with Crippen molar-refractivity contribution in [3.8, 4) is 17.4 Å². The largest absolute Gasteiger partial charge is 0.473 e.